The lowest BCUT2D eigenvalue weighted by atomic mass is 10.1. The molecule has 3 rings (SSSR count). The van der Waals surface area contributed by atoms with Crippen molar-refractivity contribution in [1.82, 2.24) is 15.1 Å². The van der Waals surface area contributed by atoms with Gasteiger partial charge in [0.05, 0.1) is 6.20 Å². The molecule has 0 atom stereocenters. The third kappa shape index (κ3) is 4.18. The van der Waals surface area contributed by atoms with E-state index in [2.05, 4.69) is 22.3 Å². The molecule has 1 heterocycles. The number of aromatic amines is 1. The fourth-order valence-electron chi connectivity index (χ4n) is 2.49. The van der Waals surface area contributed by atoms with Gasteiger partial charge in [-0.25, -0.2) is 0 Å². The van der Waals surface area contributed by atoms with Gasteiger partial charge in [0, 0.05) is 25.7 Å². The maximum atomic E-state index is 12.5. The quantitative estimate of drug-likeness (QED) is 0.849. The number of nitrogens with zero attached hydrogens (tertiary/aromatic N) is 2. The van der Waals surface area contributed by atoms with Gasteiger partial charge in [0.2, 0.25) is 5.91 Å². The van der Waals surface area contributed by atoms with Crippen LogP contribution in [-0.4, -0.2) is 27.5 Å². The molecule has 0 spiro atoms. The van der Waals surface area contributed by atoms with Crippen molar-refractivity contribution in [2.45, 2.75) is 32.2 Å². The maximum Gasteiger partial charge on any atom is 0.223 e. The van der Waals surface area contributed by atoms with E-state index in [1.807, 2.05) is 29.3 Å². The molecule has 110 valence electrons. The average molecular weight is 283 g/mol. The normalized spacial score (nSPS) is 14.1. The Hall–Kier alpha value is -2.10. The summed E-state index contributed by atoms with van der Waals surface area (Å²) in [4.78, 5) is 14.5. The maximum absolute atomic E-state index is 12.5. The molecule has 0 aliphatic heterocycles. The molecule has 0 saturated heterocycles. The number of amides is 1. The highest BCUT2D eigenvalue weighted by Crippen LogP contribution is 2.30. The van der Waals surface area contributed by atoms with Gasteiger partial charge in [-0.2, -0.15) is 5.10 Å². The van der Waals surface area contributed by atoms with Crippen LogP contribution >= 0.6 is 0 Å². The second-order valence-corrected chi connectivity index (χ2v) is 5.81. The number of rotatable bonds is 7. The molecule has 0 bridgehead atoms. The molecule has 4 nitrogen and oxygen atoms in total. The number of hydrogen-bond acceptors (Lipinski definition) is 2. The van der Waals surface area contributed by atoms with Crippen LogP contribution in [0.4, 0.5) is 0 Å². The first-order chi connectivity index (χ1) is 10.3. The molecule has 21 heavy (non-hydrogen) atoms. The molecular formula is C17H21N3O. The zero-order valence-electron chi connectivity index (χ0n) is 12.2. The van der Waals surface area contributed by atoms with Crippen LogP contribution in [0.15, 0.2) is 42.7 Å². The third-order valence-corrected chi connectivity index (χ3v) is 3.93. The number of nitrogens with one attached hydrogen (secondary N) is 1. The van der Waals surface area contributed by atoms with Gasteiger partial charge in [0.25, 0.3) is 0 Å². The number of carbonyl (C=O) groups is 1. The van der Waals surface area contributed by atoms with Gasteiger partial charge in [-0.05, 0) is 36.3 Å². The predicted molar refractivity (Wildman–Crippen MR) is 81.5 cm³/mol. The Labute approximate surface area is 125 Å². The summed E-state index contributed by atoms with van der Waals surface area (Å²) in [7, 11) is 0. The molecule has 1 aliphatic rings. The second kappa shape index (κ2) is 6.57. The van der Waals surface area contributed by atoms with Crippen molar-refractivity contribution in [3.05, 3.63) is 53.9 Å². The molecule has 4 heteroatoms. The van der Waals surface area contributed by atoms with Gasteiger partial charge >= 0.3 is 0 Å². The van der Waals surface area contributed by atoms with Crippen LogP contribution in [-0.2, 0) is 17.8 Å². The first-order valence-electron chi connectivity index (χ1n) is 7.60. The second-order valence-electron chi connectivity index (χ2n) is 5.81. The summed E-state index contributed by atoms with van der Waals surface area (Å²) < 4.78 is 0. The highest BCUT2D eigenvalue weighted by atomic mass is 16.2. The molecule has 1 aromatic heterocycles. The lowest BCUT2D eigenvalue weighted by Gasteiger charge is -2.23. The minimum absolute atomic E-state index is 0.243. The first-order valence-corrected chi connectivity index (χ1v) is 7.60. The molecule has 1 aliphatic carbocycles. The summed E-state index contributed by atoms with van der Waals surface area (Å²) in [5.41, 5.74) is 2.30. The molecule has 2 aromatic rings. The fraction of sp³-hybridized carbons (Fsp3) is 0.412. The van der Waals surface area contributed by atoms with E-state index in [4.69, 9.17) is 0 Å². The van der Waals surface area contributed by atoms with Crippen molar-refractivity contribution in [3.8, 4) is 0 Å². The van der Waals surface area contributed by atoms with Gasteiger partial charge in [0.1, 0.15) is 0 Å². The molecule has 1 saturated carbocycles. The fourth-order valence-corrected chi connectivity index (χ4v) is 2.49. The van der Waals surface area contributed by atoms with Gasteiger partial charge in [0.15, 0.2) is 0 Å². The van der Waals surface area contributed by atoms with E-state index in [9.17, 15) is 4.79 Å². The van der Waals surface area contributed by atoms with Crippen LogP contribution in [0.1, 0.15) is 30.4 Å². The van der Waals surface area contributed by atoms with Gasteiger partial charge in [-0.3, -0.25) is 9.89 Å². The van der Waals surface area contributed by atoms with E-state index >= 15 is 0 Å². The summed E-state index contributed by atoms with van der Waals surface area (Å²) in [5, 5.41) is 6.71. The largest absolute Gasteiger partial charge is 0.338 e. The Kier molecular flexibility index (Phi) is 4.34. The lowest BCUT2D eigenvalue weighted by Crippen LogP contribution is -2.32. The minimum Gasteiger partial charge on any atom is -0.338 e. The van der Waals surface area contributed by atoms with E-state index in [1.54, 1.807) is 6.20 Å². The van der Waals surface area contributed by atoms with E-state index in [-0.39, 0.29) is 5.91 Å². The summed E-state index contributed by atoms with van der Waals surface area (Å²) in [6.45, 7) is 1.63. The Morgan fingerprint density at radius 2 is 2.05 bits per heavy atom. The molecule has 1 fully saturated rings. The summed E-state index contributed by atoms with van der Waals surface area (Å²) in [6, 6.07) is 10.2. The number of aryl methyl sites for hydroxylation is 1. The Bertz CT molecular complexity index is 561. The zero-order valence-corrected chi connectivity index (χ0v) is 12.2. The Balaban J connectivity index is 1.59. The topological polar surface area (TPSA) is 49.0 Å². The molecule has 1 amide bonds. The Morgan fingerprint density at radius 3 is 2.71 bits per heavy atom. The van der Waals surface area contributed by atoms with E-state index < -0.39 is 0 Å². The van der Waals surface area contributed by atoms with Gasteiger partial charge < -0.3 is 4.90 Å². The SMILES string of the molecule is O=C(CCc1cn[nH]c1)N(Cc1ccccc1)CC1CC1. The number of H-pyrrole nitrogens is 1. The van der Waals surface area contributed by atoms with Crippen LogP contribution in [0.3, 0.4) is 0 Å². The smallest absolute Gasteiger partial charge is 0.223 e. The average Bonchev–Trinajstić information content (AvgIpc) is 3.17. The van der Waals surface area contributed by atoms with Crippen LogP contribution in [0.25, 0.3) is 0 Å². The monoisotopic (exact) mass is 283 g/mol. The lowest BCUT2D eigenvalue weighted by molar-refractivity contribution is -0.132. The van der Waals surface area contributed by atoms with Crippen molar-refractivity contribution < 1.29 is 4.79 Å². The highest BCUT2D eigenvalue weighted by Gasteiger charge is 2.26. The first kappa shape index (κ1) is 13.9. The number of carbonyl (C=O) groups excluding carboxylic acids is 1. The molecule has 0 unspecified atom stereocenters. The molecule has 1 N–H and O–H groups in total. The standard InChI is InChI=1S/C17H21N3O/c21-17(9-8-16-10-18-19-11-16)20(13-15-6-7-15)12-14-4-2-1-3-5-14/h1-5,10-11,15H,6-9,12-13H2,(H,18,19). The highest BCUT2D eigenvalue weighted by molar-refractivity contribution is 5.76. The van der Waals surface area contributed by atoms with Crippen LogP contribution in [0.2, 0.25) is 0 Å². The van der Waals surface area contributed by atoms with E-state index in [0.29, 0.717) is 12.3 Å². The van der Waals surface area contributed by atoms with Gasteiger partial charge in [-0.15, -0.1) is 0 Å². The van der Waals surface area contributed by atoms with Crippen molar-refractivity contribution in [2.24, 2.45) is 5.92 Å². The zero-order chi connectivity index (χ0) is 14.5. The number of aromatic nitrogens is 2. The summed E-state index contributed by atoms with van der Waals surface area (Å²) in [5.74, 6) is 0.957. The van der Waals surface area contributed by atoms with Gasteiger partial charge in [-0.1, -0.05) is 30.3 Å². The Morgan fingerprint density at radius 1 is 1.24 bits per heavy atom. The number of hydrogen-bond donors (Lipinski definition) is 1. The van der Waals surface area contributed by atoms with E-state index in [1.165, 1.54) is 18.4 Å². The number of benzene rings is 1. The van der Waals surface area contributed by atoms with Crippen LogP contribution in [0.5, 0.6) is 0 Å². The molecule has 0 radical (unpaired) electrons. The summed E-state index contributed by atoms with van der Waals surface area (Å²) >= 11 is 0. The van der Waals surface area contributed by atoms with Crippen molar-refractivity contribution in [3.63, 3.8) is 0 Å². The van der Waals surface area contributed by atoms with Crippen LogP contribution < -0.4 is 0 Å². The summed E-state index contributed by atoms with van der Waals surface area (Å²) in [6.07, 6.45) is 7.48. The van der Waals surface area contributed by atoms with E-state index in [0.717, 1.165) is 25.1 Å². The van der Waals surface area contributed by atoms with Crippen molar-refractivity contribution >= 4 is 5.91 Å². The molecule has 1 aromatic carbocycles. The van der Waals surface area contributed by atoms with Crippen molar-refractivity contribution in [1.29, 1.82) is 0 Å². The molecular weight excluding hydrogens is 262 g/mol. The predicted octanol–water partition coefficient (Wildman–Crippen LogP) is 2.78. The van der Waals surface area contributed by atoms with Crippen molar-refractivity contribution in [2.75, 3.05) is 6.54 Å². The van der Waals surface area contributed by atoms with Crippen LogP contribution in [0, 0.1) is 5.92 Å². The minimum atomic E-state index is 0.243. The third-order valence-electron chi connectivity index (χ3n) is 3.93.